The number of pyridine rings is 1. The molecule has 0 saturated heterocycles. The molecule has 1 heterocycles. The van der Waals surface area contributed by atoms with Crippen molar-refractivity contribution in [2.24, 2.45) is 0 Å². The summed E-state index contributed by atoms with van der Waals surface area (Å²) in [5.74, 6) is 2.04. The monoisotopic (exact) mass is 288 g/mol. The van der Waals surface area contributed by atoms with Crippen LogP contribution in [0.5, 0.6) is 17.2 Å². The van der Waals surface area contributed by atoms with Crippen molar-refractivity contribution in [2.75, 3.05) is 20.0 Å². The van der Waals surface area contributed by atoms with Gasteiger partial charge >= 0.3 is 0 Å². The molecule has 5 heteroatoms. The number of anilines is 1. The first-order valence-electron chi connectivity index (χ1n) is 6.62. The van der Waals surface area contributed by atoms with Crippen LogP contribution < -0.4 is 19.9 Å². The zero-order valence-corrected chi connectivity index (χ0v) is 12.8. The van der Waals surface area contributed by atoms with E-state index in [-0.39, 0.29) is 0 Å². The molecule has 0 unspecified atom stereocenters. The molecule has 112 valence electrons. The first-order chi connectivity index (χ1) is 10.1. The topological polar surface area (TPSA) is 66.6 Å². The number of ether oxygens (including phenoxy) is 3. The van der Waals surface area contributed by atoms with E-state index >= 15 is 0 Å². The van der Waals surface area contributed by atoms with Gasteiger partial charge in [-0.2, -0.15) is 0 Å². The molecule has 0 aliphatic heterocycles. The number of nitrogens with zero attached hydrogens (tertiary/aromatic N) is 1. The Kier molecular flexibility index (Phi) is 4.52. The summed E-state index contributed by atoms with van der Waals surface area (Å²) in [7, 11) is 3.18. The maximum Gasteiger partial charge on any atom is 0.185 e. The molecular weight excluding hydrogens is 268 g/mol. The standard InChI is InChI=1S/C16H20N2O3/c1-10-7-12(17)8-11(2)15(10)21-9-13-16(20-4)14(19-3)5-6-18-13/h5-8H,9,17H2,1-4H3. The highest BCUT2D eigenvalue weighted by molar-refractivity contribution is 5.52. The van der Waals surface area contributed by atoms with Crippen molar-refractivity contribution >= 4 is 5.69 Å². The number of rotatable bonds is 5. The van der Waals surface area contributed by atoms with Crippen LogP contribution in [0.2, 0.25) is 0 Å². The molecule has 1 aromatic heterocycles. The molecule has 21 heavy (non-hydrogen) atoms. The molecule has 0 aliphatic rings. The third-order valence-corrected chi connectivity index (χ3v) is 3.20. The number of hydrogen-bond acceptors (Lipinski definition) is 5. The number of aromatic nitrogens is 1. The van der Waals surface area contributed by atoms with Gasteiger partial charge in [-0.1, -0.05) is 0 Å². The highest BCUT2D eigenvalue weighted by Gasteiger charge is 2.13. The molecule has 0 bridgehead atoms. The maximum atomic E-state index is 5.90. The fourth-order valence-corrected chi connectivity index (χ4v) is 2.31. The molecule has 0 radical (unpaired) electrons. The average Bonchev–Trinajstić information content (AvgIpc) is 2.45. The van der Waals surface area contributed by atoms with Crippen LogP contribution in [0, 0.1) is 13.8 Å². The van der Waals surface area contributed by atoms with E-state index in [1.165, 1.54) is 0 Å². The predicted octanol–water partition coefficient (Wildman–Crippen LogP) is 2.88. The highest BCUT2D eigenvalue weighted by Crippen LogP contribution is 2.31. The number of benzene rings is 1. The lowest BCUT2D eigenvalue weighted by Gasteiger charge is -2.15. The second-order valence-electron chi connectivity index (χ2n) is 4.77. The molecule has 2 aromatic rings. The van der Waals surface area contributed by atoms with E-state index < -0.39 is 0 Å². The molecule has 0 fully saturated rings. The van der Waals surface area contributed by atoms with Gasteiger partial charge in [0.05, 0.1) is 14.2 Å². The minimum Gasteiger partial charge on any atom is -0.493 e. The summed E-state index contributed by atoms with van der Waals surface area (Å²) in [6.07, 6.45) is 1.67. The second-order valence-corrected chi connectivity index (χ2v) is 4.77. The fourth-order valence-electron chi connectivity index (χ4n) is 2.31. The largest absolute Gasteiger partial charge is 0.493 e. The Morgan fingerprint density at radius 3 is 2.29 bits per heavy atom. The Morgan fingerprint density at radius 2 is 1.71 bits per heavy atom. The Bertz CT molecular complexity index is 618. The Hall–Kier alpha value is -2.43. The van der Waals surface area contributed by atoms with Gasteiger partial charge in [-0.05, 0) is 37.1 Å². The van der Waals surface area contributed by atoms with Gasteiger partial charge in [0.25, 0.3) is 0 Å². The van der Waals surface area contributed by atoms with Gasteiger partial charge in [0, 0.05) is 18.0 Å². The van der Waals surface area contributed by atoms with Gasteiger partial charge in [-0.3, -0.25) is 4.98 Å². The Balaban J connectivity index is 2.25. The average molecular weight is 288 g/mol. The number of aryl methyl sites for hydroxylation is 2. The van der Waals surface area contributed by atoms with Crippen molar-refractivity contribution in [3.8, 4) is 17.2 Å². The highest BCUT2D eigenvalue weighted by atomic mass is 16.5. The van der Waals surface area contributed by atoms with Crippen molar-refractivity contribution in [3.05, 3.63) is 41.2 Å². The third kappa shape index (κ3) is 3.18. The van der Waals surface area contributed by atoms with E-state index in [1.807, 2.05) is 26.0 Å². The van der Waals surface area contributed by atoms with Crippen molar-refractivity contribution in [1.29, 1.82) is 0 Å². The van der Waals surface area contributed by atoms with Crippen LogP contribution in [0.1, 0.15) is 16.8 Å². The van der Waals surface area contributed by atoms with Crippen molar-refractivity contribution in [3.63, 3.8) is 0 Å². The second kappa shape index (κ2) is 6.35. The lowest BCUT2D eigenvalue weighted by atomic mass is 10.1. The smallest absolute Gasteiger partial charge is 0.185 e. The van der Waals surface area contributed by atoms with Crippen LogP contribution in [0.25, 0.3) is 0 Å². The molecular formula is C16H20N2O3. The van der Waals surface area contributed by atoms with Crippen LogP contribution in [0.4, 0.5) is 5.69 Å². The molecule has 5 nitrogen and oxygen atoms in total. The molecule has 0 saturated carbocycles. The summed E-state index contributed by atoms with van der Waals surface area (Å²) >= 11 is 0. The summed E-state index contributed by atoms with van der Waals surface area (Å²) < 4.78 is 16.5. The van der Waals surface area contributed by atoms with E-state index in [0.29, 0.717) is 23.8 Å². The predicted molar refractivity (Wildman–Crippen MR) is 82.0 cm³/mol. The Morgan fingerprint density at radius 1 is 1.05 bits per heavy atom. The van der Waals surface area contributed by atoms with E-state index in [2.05, 4.69) is 4.98 Å². The number of nitrogen functional groups attached to an aromatic ring is 1. The molecule has 0 atom stereocenters. The summed E-state index contributed by atoms with van der Waals surface area (Å²) in [5.41, 5.74) is 9.22. The van der Waals surface area contributed by atoms with E-state index in [1.54, 1.807) is 26.5 Å². The molecule has 0 aliphatic carbocycles. The van der Waals surface area contributed by atoms with Gasteiger partial charge < -0.3 is 19.9 Å². The minimum atomic E-state index is 0.298. The van der Waals surface area contributed by atoms with Crippen LogP contribution in [-0.4, -0.2) is 19.2 Å². The summed E-state index contributed by atoms with van der Waals surface area (Å²) in [5, 5.41) is 0. The number of methoxy groups -OCH3 is 2. The van der Waals surface area contributed by atoms with Gasteiger partial charge in [0.15, 0.2) is 11.5 Å². The first kappa shape index (κ1) is 15.0. The van der Waals surface area contributed by atoms with E-state index in [0.717, 1.165) is 22.6 Å². The van der Waals surface area contributed by atoms with Crippen LogP contribution in [0.15, 0.2) is 24.4 Å². The quantitative estimate of drug-likeness (QED) is 0.857. The molecule has 0 amide bonds. The maximum absolute atomic E-state index is 5.90. The summed E-state index contributed by atoms with van der Waals surface area (Å²) in [6.45, 7) is 4.23. The van der Waals surface area contributed by atoms with Crippen molar-refractivity contribution < 1.29 is 14.2 Å². The molecule has 0 spiro atoms. The van der Waals surface area contributed by atoms with Crippen LogP contribution in [-0.2, 0) is 6.61 Å². The number of hydrogen-bond donors (Lipinski definition) is 1. The first-order valence-corrected chi connectivity index (χ1v) is 6.62. The van der Waals surface area contributed by atoms with Crippen LogP contribution in [0.3, 0.4) is 0 Å². The summed E-state index contributed by atoms with van der Waals surface area (Å²) in [6, 6.07) is 5.53. The lowest BCUT2D eigenvalue weighted by Crippen LogP contribution is -2.05. The zero-order chi connectivity index (χ0) is 15.4. The SMILES string of the molecule is COc1ccnc(COc2c(C)cc(N)cc2C)c1OC. The van der Waals surface area contributed by atoms with Gasteiger partial charge in [0.1, 0.15) is 18.1 Å². The normalized spacial score (nSPS) is 10.3. The van der Waals surface area contributed by atoms with E-state index in [4.69, 9.17) is 19.9 Å². The zero-order valence-electron chi connectivity index (χ0n) is 12.8. The van der Waals surface area contributed by atoms with E-state index in [9.17, 15) is 0 Å². The van der Waals surface area contributed by atoms with Crippen molar-refractivity contribution in [1.82, 2.24) is 4.98 Å². The van der Waals surface area contributed by atoms with Gasteiger partial charge in [0.2, 0.25) is 0 Å². The lowest BCUT2D eigenvalue weighted by molar-refractivity contribution is 0.281. The minimum absolute atomic E-state index is 0.298. The molecule has 1 aromatic carbocycles. The van der Waals surface area contributed by atoms with Gasteiger partial charge in [-0.25, -0.2) is 0 Å². The molecule has 2 N–H and O–H groups in total. The van der Waals surface area contributed by atoms with Gasteiger partial charge in [-0.15, -0.1) is 0 Å². The van der Waals surface area contributed by atoms with Crippen LogP contribution >= 0.6 is 0 Å². The number of nitrogens with two attached hydrogens (primary N) is 1. The fraction of sp³-hybridized carbons (Fsp3) is 0.312. The summed E-state index contributed by atoms with van der Waals surface area (Å²) in [4.78, 5) is 4.30. The Labute approximate surface area is 124 Å². The third-order valence-electron chi connectivity index (χ3n) is 3.20. The van der Waals surface area contributed by atoms with Crippen molar-refractivity contribution in [2.45, 2.75) is 20.5 Å². The molecule has 2 rings (SSSR count).